The molecule has 15 heavy (non-hydrogen) atoms. The SMILES string of the molecule is CCOC(C)=NOC(=O)c1ccccc1. The number of hydrogen-bond donors (Lipinski definition) is 0. The molecule has 0 aromatic heterocycles. The normalized spacial score (nSPS) is 10.9. The predicted octanol–water partition coefficient (Wildman–Crippen LogP) is 2.21. The van der Waals surface area contributed by atoms with Gasteiger partial charge in [0, 0.05) is 6.92 Å². The molecule has 1 rings (SSSR count). The van der Waals surface area contributed by atoms with Gasteiger partial charge in [-0.2, -0.15) is 0 Å². The molecule has 4 heteroatoms. The topological polar surface area (TPSA) is 47.9 Å². The Morgan fingerprint density at radius 2 is 2.00 bits per heavy atom. The van der Waals surface area contributed by atoms with Crippen molar-refractivity contribution in [2.75, 3.05) is 6.61 Å². The van der Waals surface area contributed by atoms with E-state index in [1.807, 2.05) is 13.0 Å². The van der Waals surface area contributed by atoms with Crippen molar-refractivity contribution in [3.8, 4) is 0 Å². The number of hydrogen-bond acceptors (Lipinski definition) is 4. The summed E-state index contributed by atoms with van der Waals surface area (Å²) in [5.74, 6) is -0.156. The average Bonchev–Trinajstić information content (AvgIpc) is 2.27. The maximum absolute atomic E-state index is 11.4. The third-order valence-electron chi connectivity index (χ3n) is 1.62. The zero-order valence-corrected chi connectivity index (χ0v) is 8.77. The van der Waals surface area contributed by atoms with Gasteiger partial charge in [-0.1, -0.05) is 18.2 Å². The summed E-state index contributed by atoms with van der Waals surface area (Å²) in [6.07, 6.45) is 0. The van der Waals surface area contributed by atoms with Crippen LogP contribution >= 0.6 is 0 Å². The summed E-state index contributed by atoms with van der Waals surface area (Å²) in [6.45, 7) is 3.96. The van der Waals surface area contributed by atoms with Crippen LogP contribution in [0.25, 0.3) is 0 Å². The lowest BCUT2D eigenvalue weighted by molar-refractivity contribution is 0.0501. The van der Waals surface area contributed by atoms with Gasteiger partial charge in [-0.05, 0) is 24.2 Å². The van der Waals surface area contributed by atoms with E-state index in [0.717, 1.165) is 0 Å². The monoisotopic (exact) mass is 207 g/mol. The minimum Gasteiger partial charge on any atom is -0.479 e. The molecule has 0 atom stereocenters. The van der Waals surface area contributed by atoms with Crippen LogP contribution in [0.5, 0.6) is 0 Å². The van der Waals surface area contributed by atoms with Gasteiger partial charge in [0.25, 0.3) is 0 Å². The van der Waals surface area contributed by atoms with Crippen molar-refractivity contribution >= 4 is 11.9 Å². The van der Waals surface area contributed by atoms with E-state index >= 15 is 0 Å². The van der Waals surface area contributed by atoms with Crippen LogP contribution in [0.2, 0.25) is 0 Å². The fourth-order valence-corrected chi connectivity index (χ4v) is 0.968. The van der Waals surface area contributed by atoms with Gasteiger partial charge < -0.3 is 9.57 Å². The third kappa shape index (κ3) is 3.81. The molecule has 0 aliphatic heterocycles. The van der Waals surface area contributed by atoms with Crippen molar-refractivity contribution in [3.63, 3.8) is 0 Å². The summed E-state index contributed by atoms with van der Waals surface area (Å²) in [6, 6.07) is 8.67. The van der Waals surface area contributed by atoms with Gasteiger partial charge in [0.15, 0.2) is 0 Å². The first-order chi connectivity index (χ1) is 7.24. The van der Waals surface area contributed by atoms with Crippen molar-refractivity contribution in [1.82, 2.24) is 0 Å². The minimum absolute atomic E-state index is 0.335. The van der Waals surface area contributed by atoms with Gasteiger partial charge in [-0.3, -0.25) is 0 Å². The Balaban J connectivity index is 2.54. The Hall–Kier alpha value is -1.84. The first-order valence-electron chi connectivity index (χ1n) is 4.68. The Kier molecular flexibility index (Phi) is 4.34. The van der Waals surface area contributed by atoms with Crippen LogP contribution in [-0.2, 0) is 9.57 Å². The Bertz CT molecular complexity index is 346. The van der Waals surface area contributed by atoms with Crippen LogP contribution in [0.3, 0.4) is 0 Å². The van der Waals surface area contributed by atoms with E-state index in [1.165, 1.54) is 0 Å². The fourth-order valence-electron chi connectivity index (χ4n) is 0.968. The molecule has 0 aliphatic carbocycles. The second-order valence-electron chi connectivity index (χ2n) is 2.79. The minimum atomic E-state index is -0.491. The van der Waals surface area contributed by atoms with Crippen LogP contribution in [-0.4, -0.2) is 18.5 Å². The zero-order valence-electron chi connectivity index (χ0n) is 8.77. The molecule has 0 amide bonds. The van der Waals surface area contributed by atoms with Gasteiger partial charge in [-0.15, -0.1) is 0 Å². The van der Waals surface area contributed by atoms with Gasteiger partial charge in [0.05, 0.1) is 12.2 Å². The molecule has 0 saturated carbocycles. The average molecular weight is 207 g/mol. The van der Waals surface area contributed by atoms with Crippen molar-refractivity contribution < 1.29 is 14.4 Å². The summed E-state index contributed by atoms with van der Waals surface area (Å²) in [4.78, 5) is 16.0. The van der Waals surface area contributed by atoms with Gasteiger partial charge in [0.1, 0.15) is 0 Å². The van der Waals surface area contributed by atoms with Crippen LogP contribution < -0.4 is 0 Å². The van der Waals surface area contributed by atoms with Crippen LogP contribution in [0.4, 0.5) is 0 Å². The third-order valence-corrected chi connectivity index (χ3v) is 1.62. The second kappa shape index (κ2) is 5.80. The first-order valence-corrected chi connectivity index (χ1v) is 4.68. The standard InChI is InChI=1S/C11H13NO3/c1-3-14-9(2)12-15-11(13)10-7-5-4-6-8-10/h4-8H,3H2,1-2H3. The molecule has 0 aliphatic rings. The number of carbonyl (C=O) groups is 1. The number of oxime groups is 1. The molecule has 0 N–H and O–H groups in total. The summed E-state index contributed by atoms with van der Waals surface area (Å²) >= 11 is 0. The van der Waals surface area contributed by atoms with Crippen molar-refractivity contribution in [3.05, 3.63) is 35.9 Å². The highest BCUT2D eigenvalue weighted by Crippen LogP contribution is 2.01. The van der Waals surface area contributed by atoms with E-state index in [-0.39, 0.29) is 0 Å². The van der Waals surface area contributed by atoms with Crippen LogP contribution in [0.15, 0.2) is 35.5 Å². The summed E-state index contributed by atoms with van der Waals surface area (Å²) in [7, 11) is 0. The molecule has 0 fully saturated rings. The first kappa shape index (κ1) is 11.2. The van der Waals surface area contributed by atoms with Crippen LogP contribution in [0.1, 0.15) is 24.2 Å². The molecule has 0 saturated heterocycles. The molecule has 0 radical (unpaired) electrons. The molecule has 80 valence electrons. The van der Waals surface area contributed by atoms with Crippen LogP contribution in [0, 0.1) is 0 Å². The highest BCUT2D eigenvalue weighted by atomic mass is 16.7. The fraction of sp³-hybridized carbons (Fsp3) is 0.273. The van der Waals surface area contributed by atoms with Crippen molar-refractivity contribution in [2.45, 2.75) is 13.8 Å². The second-order valence-corrected chi connectivity index (χ2v) is 2.79. The number of ether oxygens (including phenoxy) is 1. The van der Waals surface area contributed by atoms with E-state index in [0.29, 0.717) is 18.1 Å². The maximum atomic E-state index is 11.4. The van der Waals surface area contributed by atoms with Gasteiger partial charge >= 0.3 is 5.97 Å². The molecular weight excluding hydrogens is 194 g/mol. The Morgan fingerprint density at radius 1 is 1.33 bits per heavy atom. The van der Waals surface area contributed by atoms with E-state index < -0.39 is 5.97 Å². The van der Waals surface area contributed by atoms with E-state index in [4.69, 9.17) is 4.74 Å². The molecule has 4 nitrogen and oxygen atoms in total. The van der Waals surface area contributed by atoms with Gasteiger partial charge in [-0.25, -0.2) is 4.79 Å². The lowest BCUT2D eigenvalue weighted by Gasteiger charge is -2.00. The van der Waals surface area contributed by atoms with Crippen molar-refractivity contribution in [1.29, 1.82) is 0 Å². The number of nitrogens with zero attached hydrogens (tertiary/aromatic N) is 1. The van der Waals surface area contributed by atoms with E-state index in [1.54, 1.807) is 31.2 Å². The highest BCUT2D eigenvalue weighted by molar-refractivity contribution is 5.89. The number of carbonyl (C=O) groups excluding carboxylic acids is 1. The molecule has 0 unspecified atom stereocenters. The molecule has 0 heterocycles. The quantitative estimate of drug-likeness (QED) is 0.330. The molecular formula is C11H13NO3. The number of benzene rings is 1. The summed E-state index contributed by atoms with van der Waals surface area (Å²) < 4.78 is 5.00. The smallest absolute Gasteiger partial charge is 0.365 e. The Morgan fingerprint density at radius 3 is 2.60 bits per heavy atom. The lowest BCUT2D eigenvalue weighted by atomic mass is 10.2. The lowest BCUT2D eigenvalue weighted by Crippen LogP contribution is -2.05. The van der Waals surface area contributed by atoms with E-state index in [9.17, 15) is 4.79 Å². The largest absolute Gasteiger partial charge is 0.479 e. The molecule has 0 spiro atoms. The maximum Gasteiger partial charge on any atom is 0.365 e. The summed E-state index contributed by atoms with van der Waals surface area (Å²) in [5, 5.41) is 3.54. The van der Waals surface area contributed by atoms with Crippen molar-refractivity contribution in [2.24, 2.45) is 5.16 Å². The predicted molar refractivity (Wildman–Crippen MR) is 56.6 cm³/mol. The zero-order chi connectivity index (χ0) is 11.1. The molecule has 1 aromatic carbocycles. The van der Waals surface area contributed by atoms with Gasteiger partial charge in [0.2, 0.25) is 5.90 Å². The highest BCUT2D eigenvalue weighted by Gasteiger charge is 2.05. The summed E-state index contributed by atoms with van der Waals surface area (Å²) in [5.41, 5.74) is 0.463. The molecule has 0 bridgehead atoms. The van der Waals surface area contributed by atoms with E-state index in [2.05, 4.69) is 9.99 Å². The Labute approximate surface area is 88.5 Å². The number of rotatable bonds is 3. The molecule has 1 aromatic rings.